The Labute approximate surface area is 160 Å². The first kappa shape index (κ1) is 18.5. The fraction of sp³-hybridized carbons (Fsp3) is 0.316. The highest BCUT2D eigenvalue weighted by atomic mass is 19.3. The van der Waals surface area contributed by atoms with Crippen molar-refractivity contribution in [1.82, 2.24) is 25.1 Å². The molecule has 0 bridgehead atoms. The van der Waals surface area contributed by atoms with Gasteiger partial charge in [0.15, 0.2) is 5.82 Å². The Morgan fingerprint density at radius 3 is 2.54 bits per heavy atom. The van der Waals surface area contributed by atoms with E-state index in [2.05, 4.69) is 37.3 Å². The van der Waals surface area contributed by atoms with E-state index in [0.29, 0.717) is 18.1 Å². The summed E-state index contributed by atoms with van der Waals surface area (Å²) in [4.78, 5) is 2.22. The molecule has 146 valence electrons. The Morgan fingerprint density at radius 2 is 1.82 bits per heavy atom. The maximum atomic E-state index is 12.3. The molecule has 2 heterocycles. The first-order chi connectivity index (χ1) is 13.6. The summed E-state index contributed by atoms with van der Waals surface area (Å²) < 4.78 is 30.6. The van der Waals surface area contributed by atoms with Crippen molar-refractivity contribution in [3.8, 4) is 11.4 Å². The van der Waals surface area contributed by atoms with Gasteiger partial charge in [-0.15, -0.1) is 5.10 Å². The highest BCUT2D eigenvalue weighted by Crippen LogP contribution is 2.27. The van der Waals surface area contributed by atoms with Gasteiger partial charge in [-0.1, -0.05) is 30.3 Å². The third kappa shape index (κ3) is 4.00. The van der Waals surface area contributed by atoms with Crippen molar-refractivity contribution in [2.24, 2.45) is 5.73 Å². The van der Waals surface area contributed by atoms with E-state index in [1.165, 1.54) is 17.7 Å². The number of ether oxygens (including phenoxy) is 1. The van der Waals surface area contributed by atoms with Crippen LogP contribution in [-0.2, 0) is 6.54 Å². The summed E-state index contributed by atoms with van der Waals surface area (Å²) in [5.41, 5.74) is 8.26. The summed E-state index contributed by atoms with van der Waals surface area (Å²) in [6.45, 7) is -0.752. The third-order valence-electron chi connectivity index (χ3n) is 4.87. The molecule has 28 heavy (non-hydrogen) atoms. The van der Waals surface area contributed by atoms with Gasteiger partial charge in [-0.2, -0.15) is 13.5 Å². The molecule has 2 N–H and O–H groups in total. The van der Waals surface area contributed by atoms with Crippen molar-refractivity contribution in [2.75, 3.05) is 13.1 Å². The third-order valence-corrected chi connectivity index (χ3v) is 4.87. The largest absolute Gasteiger partial charge is 0.435 e. The second kappa shape index (κ2) is 7.99. The van der Waals surface area contributed by atoms with Crippen molar-refractivity contribution < 1.29 is 13.5 Å². The van der Waals surface area contributed by atoms with Gasteiger partial charge in [0, 0.05) is 25.0 Å². The molecule has 2 aromatic carbocycles. The van der Waals surface area contributed by atoms with Crippen molar-refractivity contribution in [3.63, 3.8) is 0 Å². The zero-order valence-corrected chi connectivity index (χ0v) is 15.0. The number of hydrogen-bond acceptors (Lipinski definition) is 6. The normalized spacial score (nSPS) is 20.0. The molecule has 2 atom stereocenters. The molecule has 1 fully saturated rings. The molecule has 3 aromatic rings. The van der Waals surface area contributed by atoms with Crippen LogP contribution in [0.4, 0.5) is 8.78 Å². The lowest BCUT2D eigenvalue weighted by atomic mass is 9.95. The van der Waals surface area contributed by atoms with Crippen molar-refractivity contribution in [3.05, 3.63) is 66.0 Å². The number of nitrogens with zero attached hydrogens (tertiary/aromatic N) is 5. The van der Waals surface area contributed by atoms with Gasteiger partial charge in [0.2, 0.25) is 0 Å². The molecular weight excluding hydrogens is 366 g/mol. The number of nitrogens with two attached hydrogens (primary N) is 1. The van der Waals surface area contributed by atoms with Crippen LogP contribution in [0.2, 0.25) is 0 Å². The molecular formula is C19H20F2N6O. The molecule has 7 nitrogen and oxygen atoms in total. The van der Waals surface area contributed by atoms with Crippen LogP contribution < -0.4 is 10.5 Å². The Kier molecular flexibility index (Phi) is 5.27. The Balaban J connectivity index is 1.46. The molecule has 0 spiro atoms. The van der Waals surface area contributed by atoms with Gasteiger partial charge in [-0.25, -0.2) is 0 Å². The lowest BCUT2D eigenvalue weighted by molar-refractivity contribution is -0.0498. The minimum Gasteiger partial charge on any atom is -0.435 e. The quantitative estimate of drug-likeness (QED) is 0.699. The lowest BCUT2D eigenvalue weighted by Gasteiger charge is -2.15. The number of tetrazole rings is 1. The van der Waals surface area contributed by atoms with Crippen molar-refractivity contribution >= 4 is 0 Å². The molecule has 0 saturated carbocycles. The summed E-state index contributed by atoms with van der Waals surface area (Å²) in [5.74, 6) is 1.00. The second-order valence-corrected chi connectivity index (χ2v) is 6.75. The summed E-state index contributed by atoms with van der Waals surface area (Å²) in [5, 5.41) is 11.9. The lowest BCUT2D eigenvalue weighted by Crippen LogP contribution is -2.29. The monoisotopic (exact) mass is 386 g/mol. The minimum atomic E-state index is -2.86. The molecule has 1 aliphatic rings. The zero-order valence-electron chi connectivity index (χ0n) is 15.0. The molecule has 0 radical (unpaired) electrons. The molecule has 1 aromatic heterocycles. The first-order valence-corrected chi connectivity index (χ1v) is 8.95. The van der Waals surface area contributed by atoms with E-state index in [4.69, 9.17) is 5.73 Å². The number of likely N-dealkylation sites (tertiary alicyclic amines) is 1. The van der Waals surface area contributed by atoms with Crippen LogP contribution in [0.1, 0.15) is 17.3 Å². The van der Waals surface area contributed by atoms with Gasteiger partial charge >= 0.3 is 6.61 Å². The number of rotatable bonds is 6. The van der Waals surface area contributed by atoms with E-state index in [1.807, 2.05) is 18.2 Å². The van der Waals surface area contributed by atoms with E-state index >= 15 is 0 Å². The van der Waals surface area contributed by atoms with Gasteiger partial charge < -0.3 is 10.5 Å². The molecule has 0 aliphatic carbocycles. The second-order valence-electron chi connectivity index (χ2n) is 6.75. The summed E-state index contributed by atoms with van der Waals surface area (Å²) in [6, 6.07) is 16.5. The maximum absolute atomic E-state index is 12.3. The predicted octanol–water partition coefficient (Wildman–Crippen LogP) is 2.19. The van der Waals surface area contributed by atoms with E-state index in [0.717, 1.165) is 13.1 Å². The van der Waals surface area contributed by atoms with E-state index in [-0.39, 0.29) is 17.7 Å². The fourth-order valence-electron chi connectivity index (χ4n) is 3.57. The van der Waals surface area contributed by atoms with Gasteiger partial charge in [0.1, 0.15) is 5.75 Å². The molecule has 9 heteroatoms. The molecule has 4 rings (SSSR count). The van der Waals surface area contributed by atoms with Crippen LogP contribution in [0, 0.1) is 0 Å². The first-order valence-electron chi connectivity index (χ1n) is 8.95. The highest BCUT2D eigenvalue weighted by Gasteiger charge is 2.32. The van der Waals surface area contributed by atoms with Crippen LogP contribution in [-0.4, -0.2) is 50.9 Å². The minimum absolute atomic E-state index is 0.0394. The summed E-state index contributed by atoms with van der Waals surface area (Å²) in [6.07, 6.45) is 0. The van der Waals surface area contributed by atoms with E-state index < -0.39 is 6.61 Å². The van der Waals surface area contributed by atoms with Crippen molar-refractivity contribution in [2.45, 2.75) is 25.1 Å². The van der Waals surface area contributed by atoms with E-state index in [1.54, 1.807) is 16.8 Å². The number of benzene rings is 2. The summed E-state index contributed by atoms with van der Waals surface area (Å²) in [7, 11) is 0. The van der Waals surface area contributed by atoms with Crippen LogP contribution in [0.5, 0.6) is 5.75 Å². The average Bonchev–Trinajstić information content (AvgIpc) is 3.29. The number of halogens is 2. The number of aromatic nitrogens is 4. The predicted molar refractivity (Wildman–Crippen MR) is 98.2 cm³/mol. The van der Waals surface area contributed by atoms with Gasteiger partial charge in [0.25, 0.3) is 0 Å². The van der Waals surface area contributed by atoms with Gasteiger partial charge in [0.05, 0.1) is 12.2 Å². The van der Waals surface area contributed by atoms with Crippen LogP contribution >= 0.6 is 0 Å². The Bertz CT molecular complexity index is 902. The van der Waals surface area contributed by atoms with Gasteiger partial charge in [-0.3, -0.25) is 4.90 Å². The van der Waals surface area contributed by atoms with Crippen LogP contribution in [0.3, 0.4) is 0 Å². The summed E-state index contributed by atoms with van der Waals surface area (Å²) >= 11 is 0. The Hall–Kier alpha value is -2.91. The topological polar surface area (TPSA) is 82.1 Å². The highest BCUT2D eigenvalue weighted by molar-refractivity contribution is 5.37. The van der Waals surface area contributed by atoms with Gasteiger partial charge in [-0.05, 0) is 40.3 Å². The smallest absolute Gasteiger partial charge is 0.387 e. The standard InChI is InChI=1S/C19H20F2N6O/c20-19(21)28-15-8-6-14(7-9-15)27-18(23-24-25-27)12-26-10-16(17(22)11-26)13-4-2-1-3-5-13/h1-9,16-17,19H,10-12,22H2/t16-,17+/m0/s1. The van der Waals surface area contributed by atoms with Crippen LogP contribution in [0.15, 0.2) is 54.6 Å². The molecule has 1 aliphatic heterocycles. The molecule has 1 saturated heterocycles. The maximum Gasteiger partial charge on any atom is 0.387 e. The molecule has 0 unspecified atom stereocenters. The average molecular weight is 386 g/mol. The zero-order chi connectivity index (χ0) is 19.5. The van der Waals surface area contributed by atoms with Crippen molar-refractivity contribution in [1.29, 1.82) is 0 Å². The molecule has 0 amide bonds. The van der Waals surface area contributed by atoms with E-state index in [9.17, 15) is 8.78 Å². The number of alkyl halides is 2. The van der Waals surface area contributed by atoms with Crippen LogP contribution in [0.25, 0.3) is 5.69 Å². The Morgan fingerprint density at radius 1 is 1.07 bits per heavy atom. The SMILES string of the molecule is N[C@@H]1CN(Cc2nnnn2-c2ccc(OC(F)F)cc2)C[C@H]1c1ccccc1. The number of hydrogen-bond donors (Lipinski definition) is 1. The fourth-order valence-corrected chi connectivity index (χ4v) is 3.57.